The number of hydrogen-bond donors (Lipinski definition) is 0. The minimum Gasteiger partial charge on any atom is -0.456 e. The van der Waals surface area contributed by atoms with E-state index in [0.29, 0.717) is 0 Å². The molecule has 0 radical (unpaired) electrons. The Morgan fingerprint density at radius 1 is 0.286 bits per heavy atom. The maximum Gasteiger partial charge on any atom is 0.136 e. The van der Waals surface area contributed by atoms with Crippen molar-refractivity contribution in [3.63, 3.8) is 0 Å². The molecular weight excluding hydrogens is 679 g/mol. The van der Waals surface area contributed by atoms with Crippen LogP contribution in [0.2, 0.25) is 0 Å². The fourth-order valence-electron chi connectivity index (χ4n) is 8.51. The summed E-state index contributed by atoms with van der Waals surface area (Å²) in [5, 5.41) is 9.91. The first-order chi connectivity index (χ1) is 27.7. The zero-order chi connectivity index (χ0) is 37.0. The second-order valence-electron chi connectivity index (χ2n) is 14.5. The second kappa shape index (κ2) is 13.2. The molecule has 0 fully saturated rings. The SMILES string of the molecule is c1ccc(-c2ccc(N(c3ccc(-c4ccc5ccc6c7ccccc7ccc6c5c4)cc3)c3cccc(-c4cccc5oc6ccccc6c45)c3)cc2)cc1. The minimum absolute atomic E-state index is 0.896. The molecule has 11 rings (SSSR count). The van der Waals surface area contributed by atoms with Crippen molar-refractivity contribution >= 4 is 71.3 Å². The summed E-state index contributed by atoms with van der Waals surface area (Å²) in [6.45, 7) is 0. The van der Waals surface area contributed by atoms with E-state index in [0.717, 1.165) is 50.1 Å². The number of nitrogens with zero attached hydrogens (tertiary/aromatic N) is 1. The van der Waals surface area contributed by atoms with Crippen molar-refractivity contribution in [2.45, 2.75) is 0 Å². The lowest BCUT2D eigenvalue weighted by Gasteiger charge is -2.26. The fourth-order valence-corrected chi connectivity index (χ4v) is 8.51. The van der Waals surface area contributed by atoms with Gasteiger partial charge in [-0.1, -0.05) is 158 Å². The topological polar surface area (TPSA) is 16.4 Å². The number of para-hydroxylation sites is 1. The van der Waals surface area contributed by atoms with Crippen molar-refractivity contribution in [3.05, 3.63) is 212 Å². The predicted octanol–water partition coefficient (Wildman–Crippen LogP) is 15.5. The summed E-state index contributed by atoms with van der Waals surface area (Å²) < 4.78 is 6.28. The van der Waals surface area contributed by atoms with Gasteiger partial charge in [-0.05, 0) is 120 Å². The van der Waals surface area contributed by atoms with Gasteiger partial charge in [0.05, 0.1) is 0 Å². The summed E-state index contributed by atoms with van der Waals surface area (Å²) in [4.78, 5) is 2.36. The maximum atomic E-state index is 6.28. The number of fused-ring (bicyclic) bond motifs is 8. The first kappa shape index (κ1) is 32.0. The van der Waals surface area contributed by atoms with E-state index in [4.69, 9.17) is 4.42 Å². The zero-order valence-electron chi connectivity index (χ0n) is 30.6. The van der Waals surface area contributed by atoms with Crippen LogP contribution in [0.25, 0.3) is 87.6 Å². The van der Waals surface area contributed by atoms with Crippen LogP contribution in [0.3, 0.4) is 0 Å². The van der Waals surface area contributed by atoms with E-state index >= 15 is 0 Å². The summed E-state index contributed by atoms with van der Waals surface area (Å²) in [6.07, 6.45) is 0. The molecule has 0 aliphatic rings. The van der Waals surface area contributed by atoms with E-state index in [-0.39, 0.29) is 0 Å². The average molecular weight is 714 g/mol. The van der Waals surface area contributed by atoms with E-state index in [1.54, 1.807) is 0 Å². The Hall–Kier alpha value is -7.42. The Kier molecular flexibility index (Phi) is 7.53. The van der Waals surface area contributed by atoms with Crippen LogP contribution in [0.5, 0.6) is 0 Å². The molecule has 2 heteroatoms. The summed E-state index contributed by atoms with van der Waals surface area (Å²) in [6, 6.07) is 76.5. The second-order valence-corrected chi connectivity index (χ2v) is 14.5. The summed E-state index contributed by atoms with van der Waals surface area (Å²) in [5.74, 6) is 0. The van der Waals surface area contributed by atoms with E-state index in [9.17, 15) is 0 Å². The van der Waals surface area contributed by atoms with E-state index in [2.05, 4.69) is 205 Å². The van der Waals surface area contributed by atoms with Crippen molar-refractivity contribution in [1.82, 2.24) is 0 Å². The number of benzene rings is 10. The van der Waals surface area contributed by atoms with Crippen LogP contribution in [-0.2, 0) is 0 Å². The highest BCUT2D eigenvalue weighted by atomic mass is 16.3. The van der Waals surface area contributed by atoms with Gasteiger partial charge in [0.15, 0.2) is 0 Å². The first-order valence-electron chi connectivity index (χ1n) is 19.2. The van der Waals surface area contributed by atoms with Crippen LogP contribution in [0.4, 0.5) is 17.1 Å². The van der Waals surface area contributed by atoms with Crippen LogP contribution in [0.15, 0.2) is 217 Å². The fraction of sp³-hybridized carbons (Fsp3) is 0. The Labute approximate surface area is 325 Å². The van der Waals surface area contributed by atoms with Gasteiger partial charge in [0.25, 0.3) is 0 Å². The number of hydrogen-bond acceptors (Lipinski definition) is 2. The molecule has 0 atom stereocenters. The van der Waals surface area contributed by atoms with Gasteiger partial charge >= 0.3 is 0 Å². The Balaban J connectivity index is 1.02. The lowest BCUT2D eigenvalue weighted by atomic mass is 9.94. The van der Waals surface area contributed by atoms with Gasteiger partial charge in [0.1, 0.15) is 11.2 Å². The highest BCUT2D eigenvalue weighted by molar-refractivity contribution is 6.18. The first-order valence-corrected chi connectivity index (χ1v) is 19.2. The largest absolute Gasteiger partial charge is 0.456 e. The quantitative estimate of drug-likeness (QED) is 0.160. The van der Waals surface area contributed by atoms with Crippen molar-refractivity contribution in [2.75, 3.05) is 4.90 Å². The van der Waals surface area contributed by atoms with Gasteiger partial charge < -0.3 is 9.32 Å². The molecule has 10 aromatic carbocycles. The van der Waals surface area contributed by atoms with Gasteiger partial charge in [0, 0.05) is 27.8 Å². The van der Waals surface area contributed by atoms with Gasteiger partial charge in [0.2, 0.25) is 0 Å². The van der Waals surface area contributed by atoms with Crippen molar-refractivity contribution < 1.29 is 4.42 Å². The Bertz CT molecular complexity index is 3230. The third-order valence-electron chi connectivity index (χ3n) is 11.3. The highest BCUT2D eigenvalue weighted by Gasteiger charge is 2.17. The summed E-state index contributed by atoms with van der Waals surface area (Å²) in [5.41, 5.74) is 12.1. The van der Waals surface area contributed by atoms with E-state index in [1.165, 1.54) is 54.6 Å². The predicted molar refractivity (Wildman–Crippen MR) is 237 cm³/mol. The molecule has 1 heterocycles. The maximum absolute atomic E-state index is 6.28. The van der Waals surface area contributed by atoms with E-state index in [1.807, 2.05) is 12.1 Å². The molecule has 11 aromatic rings. The molecule has 0 saturated carbocycles. The van der Waals surface area contributed by atoms with Crippen LogP contribution >= 0.6 is 0 Å². The van der Waals surface area contributed by atoms with Crippen molar-refractivity contribution in [1.29, 1.82) is 0 Å². The van der Waals surface area contributed by atoms with Crippen molar-refractivity contribution in [3.8, 4) is 33.4 Å². The van der Waals surface area contributed by atoms with Gasteiger partial charge in [-0.2, -0.15) is 0 Å². The summed E-state index contributed by atoms with van der Waals surface area (Å²) in [7, 11) is 0. The zero-order valence-corrected chi connectivity index (χ0v) is 30.6. The number of rotatable bonds is 6. The molecular formula is C54H35NO. The lowest BCUT2D eigenvalue weighted by Crippen LogP contribution is -2.10. The molecule has 0 aliphatic carbocycles. The molecule has 262 valence electrons. The summed E-state index contributed by atoms with van der Waals surface area (Å²) >= 11 is 0. The van der Waals surface area contributed by atoms with Gasteiger partial charge in [-0.3, -0.25) is 0 Å². The highest BCUT2D eigenvalue weighted by Crippen LogP contribution is 2.42. The van der Waals surface area contributed by atoms with Crippen LogP contribution in [0, 0.1) is 0 Å². The number of anilines is 3. The molecule has 0 amide bonds. The van der Waals surface area contributed by atoms with Crippen LogP contribution in [-0.4, -0.2) is 0 Å². The smallest absolute Gasteiger partial charge is 0.136 e. The van der Waals surface area contributed by atoms with Crippen LogP contribution < -0.4 is 4.90 Å². The molecule has 56 heavy (non-hydrogen) atoms. The third-order valence-corrected chi connectivity index (χ3v) is 11.3. The molecule has 1 aromatic heterocycles. The number of furan rings is 1. The molecule has 0 unspecified atom stereocenters. The van der Waals surface area contributed by atoms with Crippen LogP contribution in [0.1, 0.15) is 0 Å². The molecule has 0 bridgehead atoms. The Morgan fingerprint density at radius 3 is 1.62 bits per heavy atom. The molecule has 0 aliphatic heterocycles. The monoisotopic (exact) mass is 713 g/mol. The normalized spacial score (nSPS) is 11.6. The van der Waals surface area contributed by atoms with E-state index < -0.39 is 0 Å². The average Bonchev–Trinajstić information content (AvgIpc) is 3.66. The lowest BCUT2D eigenvalue weighted by molar-refractivity contribution is 0.669. The Morgan fingerprint density at radius 2 is 0.839 bits per heavy atom. The van der Waals surface area contributed by atoms with Gasteiger partial charge in [-0.25, -0.2) is 0 Å². The standard InChI is InChI=1S/C54H35NO/c1-2-10-36(11-3-1)37-22-28-43(29-23-37)55(45-14-8-13-42(34-45)47-17-9-19-53-54(47)50-16-6-7-18-52(50)56-53)44-30-24-38(25-31-44)41-21-20-40-27-32-48-46-15-5-4-12-39(46)26-33-49(48)51(40)35-41/h1-35H. The molecule has 0 saturated heterocycles. The third kappa shape index (κ3) is 5.42. The minimum atomic E-state index is 0.896. The van der Waals surface area contributed by atoms with Crippen molar-refractivity contribution in [2.24, 2.45) is 0 Å². The molecule has 0 spiro atoms. The van der Waals surface area contributed by atoms with Gasteiger partial charge in [-0.15, -0.1) is 0 Å². The molecule has 0 N–H and O–H groups in total. The molecule has 2 nitrogen and oxygen atoms in total.